The second kappa shape index (κ2) is 8.95. The largest absolute Gasteiger partial charge is 0.483 e. The van der Waals surface area contributed by atoms with Crippen LogP contribution >= 0.6 is 0 Å². The van der Waals surface area contributed by atoms with Crippen molar-refractivity contribution in [2.75, 3.05) is 19.7 Å². The summed E-state index contributed by atoms with van der Waals surface area (Å²) in [5.41, 5.74) is 2.21. The molecule has 6 heteroatoms. The lowest BCUT2D eigenvalue weighted by molar-refractivity contribution is -0.124. The van der Waals surface area contributed by atoms with Crippen molar-refractivity contribution >= 4 is 11.8 Å². The zero-order chi connectivity index (χ0) is 20.1. The van der Waals surface area contributed by atoms with Crippen LogP contribution in [0.3, 0.4) is 0 Å². The molecular weight excluding hydrogens is 356 g/mol. The monoisotopic (exact) mass is 384 g/mol. The van der Waals surface area contributed by atoms with Gasteiger partial charge in [-0.1, -0.05) is 26.0 Å². The molecule has 1 aliphatic heterocycles. The molecule has 150 valence electrons. The second-order valence-electron chi connectivity index (χ2n) is 7.60. The molecule has 6 nitrogen and oxygen atoms in total. The summed E-state index contributed by atoms with van der Waals surface area (Å²) in [6.45, 7) is 7.41. The molecule has 1 saturated heterocycles. The highest BCUT2D eigenvalue weighted by Gasteiger charge is 2.26. The van der Waals surface area contributed by atoms with Gasteiger partial charge in [-0.05, 0) is 55.0 Å². The van der Waals surface area contributed by atoms with Gasteiger partial charge in [-0.2, -0.15) is 0 Å². The van der Waals surface area contributed by atoms with Crippen molar-refractivity contribution < 1.29 is 18.7 Å². The van der Waals surface area contributed by atoms with Gasteiger partial charge in [-0.25, -0.2) is 0 Å². The van der Waals surface area contributed by atoms with Crippen LogP contribution in [0.15, 0.2) is 41.0 Å². The first-order valence-corrected chi connectivity index (χ1v) is 9.79. The molecule has 0 unspecified atom stereocenters. The van der Waals surface area contributed by atoms with E-state index >= 15 is 0 Å². The maximum absolute atomic E-state index is 12.3. The van der Waals surface area contributed by atoms with Crippen molar-refractivity contribution in [2.24, 2.45) is 0 Å². The molecule has 1 aromatic carbocycles. The SMILES string of the molecule is Cc1ccc(C(C)C)c(OCC(=O)NC2CCN(C(=O)c3ccco3)CC2)c1. The molecular formula is C22H28N2O4. The van der Waals surface area contributed by atoms with Crippen LogP contribution in [-0.2, 0) is 4.79 Å². The third-order valence-corrected chi connectivity index (χ3v) is 5.03. The van der Waals surface area contributed by atoms with Gasteiger partial charge in [0, 0.05) is 19.1 Å². The number of nitrogens with zero attached hydrogens (tertiary/aromatic N) is 1. The van der Waals surface area contributed by atoms with Crippen LogP contribution in [0.5, 0.6) is 5.75 Å². The van der Waals surface area contributed by atoms with Crippen LogP contribution < -0.4 is 10.1 Å². The van der Waals surface area contributed by atoms with Gasteiger partial charge in [0.1, 0.15) is 5.75 Å². The lowest BCUT2D eigenvalue weighted by Crippen LogP contribution is -2.47. The average Bonchev–Trinajstić information content (AvgIpc) is 3.21. The number of piperidine rings is 1. The van der Waals surface area contributed by atoms with Crippen LogP contribution in [0.4, 0.5) is 0 Å². The highest BCUT2D eigenvalue weighted by molar-refractivity contribution is 5.91. The Morgan fingerprint density at radius 1 is 1.25 bits per heavy atom. The number of hydrogen-bond donors (Lipinski definition) is 1. The lowest BCUT2D eigenvalue weighted by Gasteiger charge is -2.31. The zero-order valence-electron chi connectivity index (χ0n) is 16.7. The van der Waals surface area contributed by atoms with E-state index in [9.17, 15) is 9.59 Å². The van der Waals surface area contributed by atoms with Crippen LogP contribution in [0.25, 0.3) is 0 Å². The van der Waals surface area contributed by atoms with Crippen LogP contribution in [0.1, 0.15) is 54.3 Å². The maximum Gasteiger partial charge on any atom is 0.289 e. The molecule has 1 fully saturated rings. The number of hydrogen-bond acceptors (Lipinski definition) is 4. The molecule has 1 aromatic heterocycles. The predicted molar refractivity (Wildman–Crippen MR) is 107 cm³/mol. The van der Waals surface area contributed by atoms with Gasteiger partial charge in [0.2, 0.25) is 0 Å². The van der Waals surface area contributed by atoms with Crippen molar-refractivity contribution in [1.82, 2.24) is 10.2 Å². The van der Waals surface area contributed by atoms with Gasteiger partial charge in [0.25, 0.3) is 11.8 Å². The fourth-order valence-corrected chi connectivity index (χ4v) is 3.44. The van der Waals surface area contributed by atoms with Gasteiger partial charge >= 0.3 is 0 Å². The third kappa shape index (κ3) is 4.94. The van der Waals surface area contributed by atoms with Crippen molar-refractivity contribution in [3.8, 4) is 5.75 Å². The van der Waals surface area contributed by atoms with Crippen LogP contribution in [-0.4, -0.2) is 42.5 Å². The summed E-state index contributed by atoms with van der Waals surface area (Å²) in [7, 11) is 0. The summed E-state index contributed by atoms with van der Waals surface area (Å²) in [6.07, 6.45) is 2.94. The molecule has 28 heavy (non-hydrogen) atoms. The molecule has 2 aromatic rings. The van der Waals surface area contributed by atoms with E-state index < -0.39 is 0 Å². The first-order chi connectivity index (χ1) is 13.4. The number of nitrogens with one attached hydrogen (secondary N) is 1. The summed E-state index contributed by atoms with van der Waals surface area (Å²) in [5.74, 6) is 1.22. The fraction of sp³-hybridized carbons (Fsp3) is 0.455. The van der Waals surface area contributed by atoms with Crippen molar-refractivity contribution in [3.05, 3.63) is 53.5 Å². The standard InChI is InChI=1S/C22H28N2O4/c1-15(2)18-7-6-16(3)13-20(18)28-14-21(25)23-17-8-10-24(11-9-17)22(26)19-5-4-12-27-19/h4-7,12-13,15,17H,8-11,14H2,1-3H3,(H,23,25). The van der Waals surface area contributed by atoms with E-state index in [1.165, 1.54) is 6.26 Å². The van der Waals surface area contributed by atoms with Crippen molar-refractivity contribution in [3.63, 3.8) is 0 Å². The number of likely N-dealkylation sites (tertiary alicyclic amines) is 1. The second-order valence-corrected chi connectivity index (χ2v) is 7.60. The van der Waals surface area contributed by atoms with E-state index in [1.807, 2.05) is 13.0 Å². The first kappa shape index (κ1) is 20.0. The molecule has 0 saturated carbocycles. The Bertz CT molecular complexity index is 806. The molecule has 3 rings (SSSR count). The topological polar surface area (TPSA) is 71.8 Å². The van der Waals surface area contributed by atoms with Gasteiger partial charge in [0.15, 0.2) is 12.4 Å². The summed E-state index contributed by atoms with van der Waals surface area (Å²) in [6, 6.07) is 9.52. The van der Waals surface area contributed by atoms with E-state index in [4.69, 9.17) is 9.15 Å². The molecule has 0 bridgehead atoms. The van der Waals surface area contributed by atoms with Crippen LogP contribution in [0, 0.1) is 6.92 Å². The quantitative estimate of drug-likeness (QED) is 0.827. The summed E-state index contributed by atoms with van der Waals surface area (Å²) in [5, 5.41) is 3.02. The van der Waals surface area contributed by atoms with Crippen molar-refractivity contribution in [2.45, 2.75) is 45.6 Å². The maximum atomic E-state index is 12.3. The Hall–Kier alpha value is -2.76. The number of ether oxygens (including phenoxy) is 1. The van der Waals surface area contributed by atoms with E-state index in [2.05, 4.69) is 31.3 Å². The first-order valence-electron chi connectivity index (χ1n) is 9.79. The number of rotatable bonds is 6. The Kier molecular flexibility index (Phi) is 6.39. The normalized spacial score (nSPS) is 14.9. The Balaban J connectivity index is 1.46. The van der Waals surface area contributed by atoms with E-state index in [0.717, 1.165) is 29.7 Å². The zero-order valence-corrected chi connectivity index (χ0v) is 16.7. The predicted octanol–water partition coefficient (Wildman–Crippen LogP) is 3.51. The van der Waals surface area contributed by atoms with Gasteiger partial charge in [0.05, 0.1) is 6.26 Å². The van der Waals surface area contributed by atoms with Crippen LogP contribution in [0.2, 0.25) is 0 Å². The van der Waals surface area contributed by atoms with Gasteiger partial charge < -0.3 is 19.4 Å². The van der Waals surface area contributed by atoms with E-state index in [1.54, 1.807) is 17.0 Å². The Morgan fingerprint density at radius 2 is 2.00 bits per heavy atom. The van der Waals surface area contributed by atoms with Crippen molar-refractivity contribution in [1.29, 1.82) is 0 Å². The molecule has 0 spiro atoms. The number of carbonyl (C=O) groups excluding carboxylic acids is 2. The molecule has 1 N–H and O–H groups in total. The number of benzene rings is 1. The third-order valence-electron chi connectivity index (χ3n) is 5.03. The number of furan rings is 1. The molecule has 0 atom stereocenters. The Morgan fingerprint density at radius 3 is 2.64 bits per heavy atom. The smallest absolute Gasteiger partial charge is 0.289 e. The van der Waals surface area contributed by atoms with E-state index in [-0.39, 0.29) is 24.5 Å². The highest BCUT2D eigenvalue weighted by atomic mass is 16.5. The summed E-state index contributed by atoms with van der Waals surface area (Å²) >= 11 is 0. The molecule has 2 heterocycles. The summed E-state index contributed by atoms with van der Waals surface area (Å²) in [4.78, 5) is 26.4. The van der Waals surface area contributed by atoms with E-state index in [0.29, 0.717) is 24.8 Å². The number of aryl methyl sites for hydroxylation is 1. The number of carbonyl (C=O) groups is 2. The average molecular weight is 384 g/mol. The molecule has 0 aliphatic carbocycles. The Labute approximate surface area is 165 Å². The minimum atomic E-state index is -0.132. The minimum absolute atomic E-state index is 0.00524. The van der Waals surface area contributed by atoms with Gasteiger partial charge in [-0.15, -0.1) is 0 Å². The molecule has 1 aliphatic rings. The molecule has 0 radical (unpaired) electrons. The fourth-order valence-electron chi connectivity index (χ4n) is 3.44. The van der Waals surface area contributed by atoms with Gasteiger partial charge in [-0.3, -0.25) is 9.59 Å². The molecule has 2 amide bonds. The summed E-state index contributed by atoms with van der Waals surface area (Å²) < 4.78 is 11.0. The number of amides is 2. The highest BCUT2D eigenvalue weighted by Crippen LogP contribution is 2.27. The lowest BCUT2D eigenvalue weighted by atomic mass is 10.0. The minimum Gasteiger partial charge on any atom is -0.483 e.